The van der Waals surface area contributed by atoms with Gasteiger partial charge < -0.3 is 4.57 Å². The highest BCUT2D eigenvalue weighted by Gasteiger charge is 2.43. The number of hydrogen-bond donors (Lipinski definition) is 0. The molecule has 0 fully saturated rings. The topological polar surface area (TPSA) is 68.3 Å². The summed E-state index contributed by atoms with van der Waals surface area (Å²) in [5, 5.41) is 0.137. The van der Waals surface area contributed by atoms with Crippen molar-refractivity contribution in [1.82, 2.24) is 0 Å². The Labute approximate surface area is 179 Å². The van der Waals surface area contributed by atoms with E-state index in [0.717, 1.165) is 0 Å². The van der Waals surface area contributed by atoms with Gasteiger partial charge in [-0.1, -0.05) is 70.0 Å². The van der Waals surface area contributed by atoms with Crippen LogP contribution in [0.4, 0.5) is 0 Å². The van der Waals surface area contributed by atoms with Gasteiger partial charge in [0, 0.05) is 6.16 Å². The molecule has 27 heavy (non-hydrogen) atoms. The lowest BCUT2D eigenvalue weighted by molar-refractivity contribution is 0.103. The first-order chi connectivity index (χ1) is 12.7. The molecule has 0 saturated heterocycles. The van der Waals surface area contributed by atoms with Crippen molar-refractivity contribution in [1.29, 1.82) is 0 Å². The highest BCUT2D eigenvalue weighted by molar-refractivity contribution is 7.95. The number of hydrogen-bond acceptors (Lipinski definition) is 4. The van der Waals surface area contributed by atoms with Gasteiger partial charge in [0.1, 0.15) is 0 Å². The molecule has 0 aliphatic carbocycles. The van der Waals surface area contributed by atoms with Crippen LogP contribution < -0.4 is 0 Å². The molecule has 0 radical (unpaired) electrons. The quantitative estimate of drug-likeness (QED) is 0.403. The van der Waals surface area contributed by atoms with Crippen molar-refractivity contribution in [3.63, 3.8) is 0 Å². The molecule has 1 atom stereocenters. The third-order valence-electron chi connectivity index (χ3n) is 3.55. The van der Waals surface area contributed by atoms with Gasteiger partial charge in [0.15, 0.2) is 0 Å². The summed E-state index contributed by atoms with van der Waals surface area (Å²) in [6.07, 6.45) is 0.215. The van der Waals surface area contributed by atoms with E-state index in [0.29, 0.717) is 6.42 Å². The van der Waals surface area contributed by atoms with E-state index >= 15 is 0 Å². The molecule has 0 aliphatic rings. The monoisotopic (exact) mass is 485 g/mol. The molecule has 0 saturated carbocycles. The van der Waals surface area contributed by atoms with Crippen LogP contribution in [0.3, 0.4) is 0 Å². The Kier molecular flexibility index (Phi) is 9.65. The second-order valence-corrected chi connectivity index (χ2v) is 9.63. The lowest BCUT2D eigenvalue weighted by Crippen LogP contribution is -2.15. The maximum atomic E-state index is 13.5. The van der Waals surface area contributed by atoms with Gasteiger partial charge in [0.25, 0.3) is 0 Å². The zero-order chi connectivity index (χ0) is 20.8. The summed E-state index contributed by atoms with van der Waals surface area (Å²) in [7, 11) is -2.90. The molecule has 1 unspecified atom stereocenters. The molecule has 4 nitrogen and oxygen atoms in total. The first kappa shape index (κ1) is 24.3. The molecule has 2 aromatic carbocycles. The third kappa shape index (κ3) is 5.21. The number of halogens is 4. The van der Waals surface area contributed by atoms with Gasteiger partial charge in [-0.25, -0.2) is 0 Å². The molecular formula is C17H15Cl4O4P2+. The zero-order valence-corrected chi connectivity index (χ0v) is 19.1. The Morgan fingerprint density at radius 1 is 0.815 bits per heavy atom. The lowest BCUT2D eigenvalue weighted by Gasteiger charge is -2.18. The van der Waals surface area contributed by atoms with E-state index < -0.39 is 18.2 Å². The third-order valence-corrected chi connectivity index (χ3v) is 7.64. The van der Waals surface area contributed by atoms with Gasteiger partial charge in [0.05, 0.1) is 31.2 Å². The molecule has 10 heteroatoms. The van der Waals surface area contributed by atoms with Crippen LogP contribution in [0.5, 0.6) is 0 Å². The van der Waals surface area contributed by atoms with Gasteiger partial charge in [-0.15, -0.1) is 0 Å². The van der Waals surface area contributed by atoms with Crippen molar-refractivity contribution in [3.8, 4) is 0 Å². The minimum atomic E-state index is -4.07. The number of rotatable bonds is 6. The normalized spacial score (nSPS) is 10.7. The van der Waals surface area contributed by atoms with Gasteiger partial charge in [0.2, 0.25) is 18.2 Å². The smallest absolute Gasteiger partial charge is 0.307 e. The van der Waals surface area contributed by atoms with Crippen molar-refractivity contribution >= 4 is 73.7 Å². The van der Waals surface area contributed by atoms with Crippen molar-refractivity contribution < 1.29 is 18.7 Å². The van der Waals surface area contributed by atoms with Crippen LogP contribution in [0.1, 0.15) is 34.1 Å². The molecule has 2 rings (SSSR count). The van der Waals surface area contributed by atoms with E-state index in [9.17, 15) is 14.2 Å². The van der Waals surface area contributed by atoms with E-state index in [-0.39, 0.29) is 37.4 Å². The summed E-state index contributed by atoms with van der Waals surface area (Å²) in [6.45, 7) is 1.72. The van der Waals surface area contributed by atoms with Gasteiger partial charge in [-0.2, -0.15) is 0 Å². The fourth-order valence-corrected chi connectivity index (χ4v) is 6.20. The van der Waals surface area contributed by atoms with Crippen LogP contribution in [0, 0.1) is 0 Å². The van der Waals surface area contributed by atoms with Crippen molar-refractivity contribution in [2.75, 3.05) is 6.16 Å². The second-order valence-electron chi connectivity index (χ2n) is 5.27. The van der Waals surface area contributed by atoms with Crippen LogP contribution >= 0.6 is 62.7 Å². The maximum absolute atomic E-state index is 13.5. The first-order valence-electron chi connectivity index (χ1n) is 7.54. The standard InChI is InChI=1S/C17H13Cl4O3P.H2OP/c1-2-9-25(24,16(22)14-10(18)5-3-6-11(14)19)17(23)15-12(20)7-4-8-13(15)21;1-2/h3-8H,2,9H2,1H3;2H2/q;+1. The Balaban J connectivity index is 0.00000176. The predicted molar refractivity (Wildman–Crippen MR) is 115 cm³/mol. The van der Waals surface area contributed by atoms with Crippen molar-refractivity contribution in [2.45, 2.75) is 13.3 Å². The summed E-state index contributed by atoms with van der Waals surface area (Å²) in [6, 6.07) is 8.90. The average molecular weight is 487 g/mol. The van der Waals surface area contributed by atoms with Gasteiger partial charge >= 0.3 is 9.12 Å². The number of carbonyl (C=O) groups excluding carboxylic acids is 2. The van der Waals surface area contributed by atoms with Crippen LogP contribution in [-0.2, 0) is 9.13 Å². The van der Waals surface area contributed by atoms with Crippen molar-refractivity contribution in [2.24, 2.45) is 0 Å². The van der Waals surface area contributed by atoms with E-state index in [2.05, 4.69) is 0 Å². The molecule has 2 aromatic rings. The fraction of sp³-hybridized carbons (Fsp3) is 0.176. The molecule has 0 aliphatic heterocycles. The highest BCUT2D eigenvalue weighted by atomic mass is 35.5. The Hall–Kier alpha value is -0.730. The van der Waals surface area contributed by atoms with Crippen LogP contribution in [-0.4, -0.2) is 17.2 Å². The molecule has 0 aromatic heterocycles. The molecule has 0 spiro atoms. The molecule has 144 valence electrons. The summed E-state index contributed by atoms with van der Waals surface area (Å²) in [4.78, 5) is 26.0. The zero-order valence-electron chi connectivity index (χ0n) is 14.0. The van der Waals surface area contributed by atoms with Gasteiger partial charge in [-0.05, 0) is 30.7 Å². The molecule has 0 N–H and O–H groups in total. The number of carbonyl (C=O) groups is 2. The summed E-state index contributed by atoms with van der Waals surface area (Å²) in [5.74, 6) is 0. The largest absolute Gasteiger partial charge is 0.310 e. The van der Waals surface area contributed by atoms with Crippen LogP contribution in [0.15, 0.2) is 36.4 Å². The number of benzene rings is 2. The van der Waals surface area contributed by atoms with Gasteiger partial charge in [-0.3, -0.25) is 9.59 Å². The Bertz CT molecular complexity index is 810. The highest BCUT2D eigenvalue weighted by Crippen LogP contribution is 2.55. The fourth-order valence-electron chi connectivity index (χ4n) is 2.38. The summed E-state index contributed by atoms with van der Waals surface area (Å²) < 4.78 is 21.7. The van der Waals surface area contributed by atoms with E-state index in [1.807, 2.05) is 0 Å². The minimum Gasteiger partial charge on any atom is -0.307 e. The lowest BCUT2D eigenvalue weighted by atomic mass is 10.2. The maximum Gasteiger partial charge on any atom is 0.310 e. The molecule has 0 heterocycles. The first-order valence-corrected chi connectivity index (χ1v) is 11.4. The SMILES string of the molecule is CCCP(=O)(C(=O)c1c(Cl)cccc1Cl)C(=O)c1c(Cl)cccc1Cl.O=[PH2+]. The van der Waals surface area contributed by atoms with Crippen molar-refractivity contribution in [3.05, 3.63) is 67.6 Å². The molecule has 0 amide bonds. The second kappa shape index (κ2) is 10.7. The summed E-state index contributed by atoms with van der Waals surface area (Å²) >= 11 is 24.2. The van der Waals surface area contributed by atoms with Crippen LogP contribution in [0.25, 0.3) is 0 Å². The Morgan fingerprint density at radius 2 is 1.11 bits per heavy atom. The molecule has 0 bridgehead atoms. The minimum absolute atomic E-state index is 0.0342. The van der Waals surface area contributed by atoms with E-state index in [1.165, 1.54) is 33.4 Å². The van der Waals surface area contributed by atoms with E-state index in [1.54, 1.807) is 19.1 Å². The van der Waals surface area contributed by atoms with E-state index in [4.69, 9.17) is 51.0 Å². The molecular weight excluding hydrogens is 472 g/mol. The Morgan fingerprint density at radius 3 is 1.37 bits per heavy atom. The van der Waals surface area contributed by atoms with Crippen LogP contribution in [0.2, 0.25) is 20.1 Å². The predicted octanol–water partition coefficient (Wildman–Crippen LogP) is 7.26. The summed E-state index contributed by atoms with van der Waals surface area (Å²) in [5.41, 5.74) is -2.02. The average Bonchev–Trinajstić information content (AvgIpc) is 2.63.